The number of nitro groups is 1. The molecule has 0 bridgehead atoms. The molecular formula is C14H17BrN4O2. The third-order valence-electron chi connectivity index (χ3n) is 3.02. The molecule has 6 nitrogen and oxygen atoms in total. The standard InChI is InChI=1S/C14H17BrN4O2/c1-2-5-16-7-12-9-18(10-17-12)8-11-3-4-13(19(20)21)6-14(11)15/h3-4,6,9-10,16H,2,5,7-8H2,1H3. The summed E-state index contributed by atoms with van der Waals surface area (Å²) in [6, 6.07) is 4.80. The maximum atomic E-state index is 10.7. The normalized spacial score (nSPS) is 10.8. The minimum atomic E-state index is -0.400. The first-order chi connectivity index (χ1) is 10.1. The Morgan fingerprint density at radius 3 is 2.95 bits per heavy atom. The molecular weight excluding hydrogens is 336 g/mol. The zero-order valence-corrected chi connectivity index (χ0v) is 13.3. The van der Waals surface area contributed by atoms with Gasteiger partial charge in [0.05, 0.1) is 16.9 Å². The van der Waals surface area contributed by atoms with Crippen LogP contribution in [0.2, 0.25) is 0 Å². The molecule has 0 unspecified atom stereocenters. The van der Waals surface area contributed by atoms with Crippen LogP contribution in [0.5, 0.6) is 0 Å². The van der Waals surface area contributed by atoms with E-state index in [1.165, 1.54) is 12.1 Å². The molecule has 0 amide bonds. The zero-order valence-electron chi connectivity index (χ0n) is 11.8. The van der Waals surface area contributed by atoms with Gasteiger partial charge in [0.15, 0.2) is 0 Å². The topological polar surface area (TPSA) is 73.0 Å². The fraction of sp³-hybridized carbons (Fsp3) is 0.357. The highest BCUT2D eigenvalue weighted by Crippen LogP contribution is 2.23. The number of nitrogens with zero attached hydrogens (tertiary/aromatic N) is 3. The summed E-state index contributed by atoms with van der Waals surface area (Å²) in [5.74, 6) is 0. The maximum Gasteiger partial charge on any atom is 0.270 e. The van der Waals surface area contributed by atoms with Crippen LogP contribution in [0.15, 0.2) is 35.2 Å². The van der Waals surface area contributed by atoms with E-state index in [4.69, 9.17) is 0 Å². The Morgan fingerprint density at radius 2 is 2.29 bits per heavy atom. The first kappa shape index (κ1) is 15.7. The molecule has 0 radical (unpaired) electrons. The molecule has 2 rings (SSSR count). The van der Waals surface area contributed by atoms with Crippen molar-refractivity contribution in [1.29, 1.82) is 0 Å². The minimum absolute atomic E-state index is 0.0840. The minimum Gasteiger partial charge on any atom is -0.333 e. The molecule has 1 heterocycles. The summed E-state index contributed by atoms with van der Waals surface area (Å²) in [5, 5.41) is 14.0. The van der Waals surface area contributed by atoms with Crippen LogP contribution in [0.25, 0.3) is 0 Å². The third-order valence-corrected chi connectivity index (χ3v) is 3.76. The van der Waals surface area contributed by atoms with Crippen LogP contribution in [-0.4, -0.2) is 21.0 Å². The summed E-state index contributed by atoms with van der Waals surface area (Å²) >= 11 is 3.38. The smallest absolute Gasteiger partial charge is 0.270 e. The second-order valence-corrected chi connectivity index (χ2v) is 5.60. The number of imidazole rings is 1. The van der Waals surface area contributed by atoms with E-state index in [1.807, 2.05) is 10.8 Å². The van der Waals surface area contributed by atoms with Crippen molar-refractivity contribution in [1.82, 2.24) is 14.9 Å². The molecule has 1 N–H and O–H groups in total. The quantitative estimate of drug-likeness (QED) is 0.472. The average Bonchev–Trinajstić information content (AvgIpc) is 2.89. The van der Waals surface area contributed by atoms with E-state index >= 15 is 0 Å². The van der Waals surface area contributed by atoms with Crippen LogP contribution in [0.4, 0.5) is 5.69 Å². The largest absolute Gasteiger partial charge is 0.333 e. The van der Waals surface area contributed by atoms with E-state index in [0.29, 0.717) is 6.54 Å². The van der Waals surface area contributed by atoms with Crippen molar-refractivity contribution in [2.75, 3.05) is 6.54 Å². The lowest BCUT2D eigenvalue weighted by molar-refractivity contribution is -0.384. The van der Waals surface area contributed by atoms with Gasteiger partial charge in [-0.15, -0.1) is 0 Å². The molecule has 0 aliphatic heterocycles. The molecule has 0 aliphatic rings. The Kier molecular flexibility index (Phi) is 5.46. The van der Waals surface area contributed by atoms with Gasteiger partial charge in [-0.2, -0.15) is 0 Å². The number of nitrogens with one attached hydrogen (secondary N) is 1. The SMILES string of the molecule is CCCNCc1cn(Cc2ccc([N+](=O)[O-])cc2Br)cn1. The highest BCUT2D eigenvalue weighted by molar-refractivity contribution is 9.10. The monoisotopic (exact) mass is 352 g/mol. The molecule has 1 aromatic heterocycles. The van der Waals surface area contributed by atoms with Gasteiger partial charge >= 0.3 is 0 Å². The third kappa shape index (κ3) is 4.37. The van der Waals surface area contributed by atoms with Gasteiger partial charge in [-0.1, -0.05) is 22.9 Å². The first-order valence-corrected chi connectivity index (χ1v) is 7.53. The van der Waals surface area contributed by atoms with Crippen LogP contribution in [0.1, 0.15) is 24.6 Å². The van der Waals surface area contributed by atoms with E-state index in [0.717, 1.165) is 35.2 Å². The van der Waals surface area contributed by atoms with Gasteiger partial charge in [0.1, 0.15) is 0 Å². The molecule has 0 atom stereocenters. The fourth-order valence-corrected chi connectivity index (χ4v) is 2.44. The Hall–Kier alpha value is -1.73. The van der Waals surface area contributed by atoms with Crippen molar-refractivity contribution in [3.8, 4) is 0 Å². The fourth-order valence-electron chi connectivity index (χ4n) is 1.95. The van der Waals surface area contributed by atoms with Crippen molar-refractivity contribution in [3.63, 3.8) is 0 Å². The van der Waals surface area contributed by atoms with Crippen LogP contribution in [0.3, 0.4) is 0 Å². The molecule has 0 aliphatic carbocycles. The molecule has 2 aromatic rings. The predicted octanol–water partition coefficient (Wildman–Crippen LogP) is 3.10. The van der Waals surface area contributed by atoms with Crippen molar-refractivity contribution in [2.24, 2.45) is 0 Å². The zero-order chi connectivity index (χ0) is 15.2. The maximum absolute atomic E-state index is 10.7. The number of nitro benzene ring substituents is 1. The van der Waals surface area contributed by atoms with Crippen LogP contribution in [0, 0.1) is 10.1 Å². The van der Waals surface area contributed by atoms with Crippen molar-refractivity contribution in [3.05, 3.63) is 56.6 Å². The summed E-state index contributed by atoms with van der Waals surface area (Å²) in [5.41, 5.74) is 2.05. The molecule has 0 fully saturated rings. The number of hydrogen-bond donors (Lipinski definition) is 1. The summed E-state index contributed by atoms with van der Waals surface area (Å²) < 4.78 is 2.70. The molecule has 112 valence electrons. The van der Waals surface area contributed by atoms with E-state index in [9.17, 15) is 10.1 Å². The molecule has 0 saturated heterocycles. The number of rotatable bonds is 7. The Morgan fingerprint density at radius 1 is 1.48 bits per heavy atom. The molecule has 7 heteroatoms. The number of benzene rings is 1. The van der Waals surface area contributed by atoms with Gasteiger partial charge in [0.2, 0.25) is 0 Å². The van der Waals surface area contributed by atoms with Gasteiger partial charge in [0.25, 0.3) is 5.69 Å². The van der Waals surface area contributed by atoms with Gasteiger partial charge in [-0.05, 0) is 24.6 Å². The number of halogens is 1. The van der Waals surface area contributed by atoms with E-state index < -0.39 is 4.92 Å². The van der Waals surface area contributed by atoms with Crippen LogP contribution >= 0.6 is 15.9 Å². The number of hydrogen-bond acceptors (Lipinski definition) is 4. The first-order valence-electron chi connectivity index (χ1n) is 6.74. The average molecular weight is 353 g/mol. The summed E-state index contributed by atoms with van der Waals surface area (Å²) in [6.07, 6.45) is 4.85. The summed E-state index contributed by atoms with van der Waals surface area (Å²) in [4.78, 5) is 14.7. The van der Waals surface area contributed by atoms with Crippen molar-refractivity contribution >= 4 is 21.6 Å². The number of non-ortho nitro benzene ring substituents is 1. The lowest BCUT2D eigenvalue weighted by Gasteiger charge is -2.05. The van der Waals surface area contributed by atoms with Gasteiger partial charge in [0, 0.05) is 35.9 Å². The summed E-state index contributed by atoms with van der Waals surface area (Å²) in [7, 11) is 0. The van der Waals surface area contributed by atoms with Gasteiger partial charge in [-0.3, -0.25) is 10.1 Å². The van der Waals surface area contributed by atoms with Crippen LogP contribution in [-0.2, 0) is 13.1 Å². The lowest BCUT2D eigenvalue weighted by Crippen LogP contribution is -2.13. The van der Waals surface area contributed by atoms with Crippen molar-refractivity contribution in [2.45, 2.75) is 26.4 Å². The Labute approximate surface area is 131 Å². The Bertz CT molecular complexity index is 627. The van der Waals surface area contributed by atoms with Gasteiger partial charge in [-0.25, -0.2) is 4.98 Å². The second-order valence-electron chi connectivity index (χ2n) is 4.75. The predicted molar refractivity (Wildman–Crippen MR) is 84.1 cm³/mol. The molecule has 1 aromatic carbocycles. The molecule has 0 spiro atoms. The lowest BCUT2D eigenvalue weighted by atomic mass is 10.2. The summed E-state index contributed by atoms with van der Waals surface area (Å²) in [6.45, 7) is 4.47. The number of aromatic nitrogens is 2. The van der Waals surface area contributed by atoms with E-state index in [-0.39, 0.29) is 5.69 Å². The van der Waals surface area contributed by atoms with E-state index in [2.05, 4.69) is 33.2 Å². The Balaban J connectivity index is 2.03. The van der Waals surface area contributed by atoms with Gasteiger partial charge < -0.3 is 9.88 Å². The molecule has 21 heavy (non-hydrogen) atoms. The molecule has 0 saturated carbocycles. The van der Waals surface area contributed by atoms with Crippen molar-refractivity contribution < 1.29 is 4.92 Å². The van der Waals surface area contributed by atoms with E-state index in [1.54, 1.807) is 12.4 Å². The second kappa shape index (κ2) is 7.33. The van der Waals surface area contributed by atoms with Crippen LogP contribution < -0.4 is 5.32 Å². The highest BCUT2D eigenvalue weighted by atomic mass is 79.9. The highest BCUT2D eigenvalue weighted by Gasteiger charge is 2.09.